The van der Waals surface area contributed by atoms with E-state index in [-0.39, 0.29) is 11.8 Å². The van der Waals surface area contributed by atoms with Crippen molar-refractivity contribution in [2.45, 2.75) is 19.4 Å². The van der Waals surface area contributed by atoms with Gasteiger partial charge < -0.3 is 20.3 Å². The van der Waals surface area contributed by atoms with E-state index in [1.165, 1.54) is 11.1 Å². The summed E-state index contributed by atoms with van der Waals surface area (Å²) in [6.07, 6.45) is 1.65. The predicted molar refractivity (Wildman–Crippen MR) is 139 cm³/mol. The summed E-state index contributed by atoms with van der Waals surface area (Å²) in [5.41, 5.74) is 5.14. The number of carbonyl (C=O) groups excluding carboxylic acids is 2. The number of fused-ring (bicyclic) bond motifs is 1. The van der Waals surface area contributed by atoms with E-state index in [1.54, 1.807) is 25.3 Å². The van der Waals surface area contributed by atoms with E-state index < -0.39 is 0 Å². The van der Waals surface area contributed by atoms with E-state index >= 15 is 0 Å². The molecule has 1 aliphatic rings. The molecule has 176 valence electrons. The largest absolute Gasteiger partial charge is 0.385 e. The van der Waals surface area contributed by atoms with E-state index in [1.807, 2.05) is 30.3 Å². The summed E-state index contributed by atoms with van der Waals surface area (Å²) in [5, 5.41) is 5.91. The van der Waals surface area contributed by atoms with Crippen molar-refractivity contribution in [2.24, 2.45) is 0 Å². The summed E-state index contributed by atoms with van der Waals surface area (Å²) < 4.78 is 5.92. The second-order valence-electron chi connectivity index (χ2n) is 8.24. The van der Waals surface area contributed by atoms with Gasteiger partial charge >= 0.3 is 0 Å². The molecule has 3 aromatic rings. The fraction of sp³-hybridized carbons (Fsp3) is 0.259. The topological polar surface area (TPSA) is 70.7 Å². The molecule has 0 bridgehead atoms. The van der Waals surface area contributed by atoms with Crippen LogP contribution >= 0.6 is 15.9 Å². The highest BCUT2D eigenvalue weighted by Crippen LogP contribution is 2.30. The Bertz CT molecular complexity index is 1180. The molecule has 0 radical (unpaired) electrons. The predicted octanol–water partition coefficient (Wildman–Crippen LogP) is 5.03. The van der Waals surface area contributed by atoms with Gasteiger partial charge in [0.15, 0.2) is 0 Å². The molecular formula is C27H28BrN3O3. The first-order valence-corrected chi connectivity index (χ1v) is 12.1. The third kappa shape index (κ3) is 5.85. The smallest absolute Gasteiger partial charge is 0.255 e. The van der Waals surface area contributed by atoms with Gasteiger partial charge in [0.2, 0.25) is 0 Å². The number of carbonyl (C=O) groups is 2. The molecule has 2 amide bonds. The van der Waals surface area contributed by atoms with Gasteiger partial charge in [-0.05, 0) is 60.4 Å². The maximum absolute atomic E-state index is 13.2. The van der Waals surface area contributed by atoms with E-state index in [9.17, 15) is 9.59 Å². The number of ether oxygens (including phenoxy) is 1. The summed E-state index contributed by atoms with van der Waals surface area (Å²) in [5.74, 6) is -0.393. The molecule has 0 fully saturated rings. The second-order valence-corrected chi connectivity index (χ2v) is 9.15. The number of hydrogen-bond acceptors (Lipinski definition) is 4. The zero-order valence-electron chi connectivity index (χ0n) is 19.1. The number of amides is 2. The average Bonchev–Trinajstić information content (AvgIpc) is 2.86. The van der Waals surface area contributed by atoms with Crippen molar-refractivity contribution >= 4 is 39.1 Å². The van der Waals surface area contributed by atoms with Gasteiger partial charge in [-0.25, -0.2) is 0 Å². The molecule has 7 heteroatoms. The summed E-state index contributed by atoms with van der Waals surface area (Å²) >= 11 is 3.40. The maximum atomic E-state index is 13.2. The molecule has 6 nitrogen and oxygen atoms in total. The SMILES string of the molecule is COCCCNC(=O)c1cc(NC(=O)c2cccc(Br)c2)ccc1N1CCc2ccccc2C1. The fourth-order valence-corrected chi connectivity index (χ4v) is 4.52. The molecule has 4 rings (SSSR count). The van der Waals surface area contributed by atoms with Gasteiger partial charge in [0.25, 0.3) is 11.8 Å². The third-order valence-corrected chi connectivity index (χ3v) is 6.36. The minimum absolute atomic E-state index is 0.163. The van der Waals surface area contributed by atoms with Gasteiger partial charge in [0, 0.05) is 54.8 Å². The van der Waals surface area contributed by atoms with Crippen molar-refractivity contribution in [1.29, 1.82) is 0 Å². The van der Waals surface area contributed by atoms with Gasteiger partial charge in [-0.2, -0.15) is 0 Å². The van der Waals surface area contributed by atoms with Gasteiger partial charge in [-0.3, -0.25) is 9.59 Å². The van der Waals surface area contributed by atoms with Crippen LogP contribution in [0.2, 0.25) is 0 Å². The lowest BCUT2D eigenvalue weighted by Crippen LogP contribution is -2.33. The van der Waals surface area contributed by atoms with E-state index in [0.717, 1.165) is 36.1 Å². The molecule has 0 saturated heterocycles. The highest BCUT2D eigenvalue weighted by atomic mass is 79.9. The van der Waals surface area contributed by atoms with Crippen LogP contribution in [0.25, 0.3) is 0 Å². The molecule has 0 aliphatic carbocycles. The number of anilines is 2. The first kappa shape index (κ1) is 24.0. The average molecular weight is 522 g/mol. The molecule has 2 N–H and O–H groups in total. The highest BCUT2D eigenvalue weighted by Gasteiger charge is 2.22. The number of methoxy groups -OCH3 is 1. The number of benzene rings is 3. The molecule has 1 heterocycles. The Hall–Kier alpha value is -3.16. The summed E-state index contributed by atoms with van der Waals surface area (Å²) in [7, 11) is 1.64. The van der Waals surface area contributed by atoms with Crippen LogP contribution in [0.15, 0.2) is 71.2 Å². The Morgan fingerprint density at radius 2 is 1.82 bits per heavy atom. The van der Waals surface area contributed by atoms with Crippen LogP contribution in [-0.4, -0.2) is 38.6 Å². The van der Waals surface area contributed by atoms with Crippen molar-refractivity contribution in [1.82, 2.24) is 5.32 Å². The van der Waals surface area contributed by atoms with Crippen LogP contribution in [-0.2, 0) is 17.7 Å². The van der Waals surface area contributed by atoms with Crippen molar-refractivity contribution in [2.75, 3.05) is 37.0 Å². The van der Waals surface area contributed by atoms with Crippen LogP contribution in [0.5, 0.6) is 0 Å². The first-order valence-electron chi connectivity index (χ1n) is 11.3. The number of halogens is 1. The molecule has 0 saturated carbocycles. The van der Waals surface area contributed by atoms with Gasteiger partial charge in [0.1, 0.15) is 0 Å². The molecule has 0 atom stereocenters. The van der Waals surface area contributed by atoms with Gasteiger partial charge in [-0.1, -0.05) is 46.3 Å². The first-order chi connectivity index (χ1) is 16.5. The van der Waals surface area contributed by atoms with Crippen LogP contribution in [0, 0.1) is 0 Å². The van der Waals surface area contributed by atoms with E-state index in [2.05, 4.69) is 49.7 Å². The Morgan fingerprint density at radius 3 is 2.62 bits per heavy atom. The maximum Gasteiger partial charge on any atom is 0.255 e. The standard InChI is InChI=1S/C27H28BrN3O3/c1-34-15-5-13-29-27(33)24-17-23(30-26(32)20-8-4-9-22(28)16-20)10-11-25(24)31-14-12-19-6-2-3-7-21(19)18-31/h2-4,6-11,16-17H,5,12-15,18H2,1H3,(H,29,33)(H,30,32). The Kier molecular flexibility index (Phi) is 7.98. The Labute approximate surface area is 208 Å². The fourth-order valence-electron chi connectivity index (χ4n) is 4.12. The van der Waals surface area contributed by atoms with Gasteiger partial charge in [0.05, 0.1) is 5.56 Å². The molecule has 1 aliphatic heterocycles. The zero-order valence-corrected chi connectivity index (χ0v) is 20.7. The second kappa shape index (κ2) is 11.3. The van der Waals surface area contributed by atoms with E-state index in [4.69, 9.17) is 4.74 Å². The normalized spacial score (nSPS) is 12.7. The van der Waals surface area contributed by atoms with Crippen LogP contribution < -0.4 is 15.5 Å². The highest BCUT2D eigenvalue weighted by molar-refractivity contribution is 9.10. The molecular weight excluding hydrogens is 494 g/mol. The van der Waals surface area contributed by atoms with Crippen LogP contribution in [0.4, 0.5) is 11.4 Å². The van der Waals surface area contributed by atoms with Crippen molar-refractivity contribution in [3.63, 3.8) is 0 Å². The quantitative estimate of drug-likeness (QED) is 0.408. The molecule has 0 unspecified atom stereocenters. The van der Waals surface area contributed by atoms with Crippen molar-refractivity contribution < 1.29 is 14.3 Å². The Morgan fingerprint density at radius 1 is 1.00 bits per heavy atom. The summed E-state index contributed by atoms with van der Waals surface area (Å²) in [6.45, 7) is 2.66. The molecule has 34 heavy (non-hydrogen) atoms. The molecule has 0 spiro atoms. The molecule has 0 aromatic heterocycles. The number of nitrogens with one attached hydrogen (secondary N) is 2. The third-order valence-electron chi connectivity index (χ3n) is 5.87. The lowest BCUT2D eigenvalue weighted by molar-refractivity contribution is 0.0947. The molecule has 3 aromatic carbocycles. The lowest BCUT2D eigenvalue weighted by atomic mass is 9.98. The van der Waals surface area contributed by atoms with Crippen LogP contribution in [0.3, 0.4) is 0 Å². The summed E-state index contributed by atoms with van der Waals surface area (Å²) in [6, 6.07) is 21.2. The van der Waals surface area contributed by atoms with Crippen LogP contribution in [0.1, 0.15) is 38.3 Å². The number of hydrogen-bond donors (Lipinski definition) is 2. The minimum atomic E-state index is -0.229. The number of nitrogens with zero attached hydrogens (tertiary/aromatic N) is 1. The minimum Gasteiger partial charge on any atom is -0.385 e. The number of rotatable bonds is 8. The van der Waals surface area contributed by atoms with Crippen molar-refractivity contribution in [3.05, 3.63) is 93.5 Å². The van der Waals surface area contributed by atoms with Gasteiger partial charge in [-0.15, -0.1) is 0 Å². The Balaban J connectivity index is 1.59. The zero-order chi connectivity index (χ0) is 23.9. The van der Waals surface area contributed by atoms with E-state index in [0.29, 0.717) is 30.0 Å². The monoisotopic (exact) mass is 521 g/mol. The van der Waals surface area contributed by atoms with Crippen molar-refractivity contribution in [3.8, 4) is 0 Å². The summed E-state index contributed by atoms with van der Waals surface area (Å²) in [4.78, 5) is 28.2. The lowest BCUT2D eigenvalue weighted by Gasteiger charge is -2.32.